The van der Waals surface area contributed by atoms with Gasteiger partial charge in [-0.2, -0.15) is 0 Å². The first-order chi connectivity index (χ1) is 25.1. The normalized spacial score (nSPS) is 26.5. The quantitative estimate of drug-likeness (QED) is 0.267. The molecule has 3 amide bonds. The SMILES string of the molecule is COc1ccc([Si](C)(C)[C@H]2[C@H](CC(=O)N3CCC[C@H]3CO)O[C@@]3(C(=O)N(Cc4ccc(N5CCCCCCC5=O)cc4)c4ccccc43)[C@@H]2C)cc1. The Morgan fingerprint density at radius 3 is 2.40 bits per heavy atom. The fourth-order valence-electron chi connectivity index (χ4n) is 9.66. The number of fused-ring (bicyclic) bond motifs is 2. The molecule has 0 aromatic heterocycles. The highest BCUT2D eigenvalue weighted by Gasteiger charge is 2.66. The zero-order valence-electron chi connectivity index (χ0n) is 31.1. The van der Waals surface area contributed by atoms with Crippen molar-refractivity contribution in [2.24, 2.45) is 5.92 Å². The maximum Gasteiger partial charge on any atom is 0.264 e. The Bertz CT molecular complexity index is 1780. The van der Waals surface area contributed by atoms with Crippen LogP contribution in [-0.2, 0) is 31.3 Å². The van der Waals surface area contributed by atoms with E-state index in [1.807, 2.05) is 75.4 Å². The third-order valence-electron chi connectivity index (χ3n) is 12.4. The number of methoxy groups -OCH3 is 1. The summed E-state index contributed by atoms with van der Waals surface area (Å²) in [7, 11) is -0.758. The monoisotopic (exact) mass is 723 g/mol. The molecule has 0 bridgehead atoms. The molecule has 9 nitrogen and oxygen atoms in total. The summed E-state index contributed by atoms with van der Waals surface area (Å²) in [6.45, 7) is 8.46. The minimum atomic E-state index is -2.42. The summed E-state index contributed by atoms with van der Waals surface area (Å²) in [6.07, 6.45) is 6.08. The number of aliphatic hydroxyl groups excluding tert-OH is 1. The highest BCUT2D eigenvalue weighted by molar-refractivity contribution is 6.91. The number of aliphatic hydroxyl groups is 1. The van der Waals surface area contributed by atoms with Crippen LogP contribution in [0.1, 0.15) is 69.4 Å². The van der Waals surface area contributed by atoms with Crippen LogP contribution < -0.4 is 19.7 Å². The molecule has 276 valence electrons. The Hall–Kier alpha value is -3.99. The van der Waals surface area contributed by atoms with Crippen LogP contribution in [0.25, 0.3) is 0 Å². The largest absolute Gasteiger partial charge is 0.497 e. The molecule has 0 radical (unpaired) electrons. The van der Waals surface area contributed by atoms with Gasteiger partial charge in [0.1, 0.15) is 5.75 Å². The smallest absolute Gasteiger partial charge is 0.264 e. The van der Waals surface area contributed by atoms with E-state index in [2.05, 4.69) is 32.2 Å². The van der Waals surface area contributed by atoms with Gasteiger partial charge in [0, 0.05) is 36.7 Å². The van der Waals surface area contributed by atoms with Crippen LogP contribution in [0.5, 0.6) is 5.75 Å². The first-order valence-electron chi connectivity index (χ1n) is 19.1. The van der Waals surface area contributed by atoms with E-state index < -0.39 is 19.8 Å². The van der Waals surface area contributed by atoms with E-state index in [9.17, 15) is 14.7 Å². The van der Waals surface area contributed by atoms with Crippen LogP contribution in [0.2, 0.25) is 18.6 Å². The number of amides is 3. The number of nitrogens with zero attached hydrogens (tertiary/aromatic N) is 3. The van der Waals surface area contributed by atoms with Crippen molar-refractivity contribution >= 4 is 42.4 Å². The minimum absolute atomic E-state index is 0.0236. The van der Waals surface area contributed by atoms with E-state index in [0.717, 1.165) is 73.3 Å². The van der Waals surface area contributed by atoms with Crippen molar-refractivity contribution in [3.63, 3.8) is 0 Å². The number of para-hydroxylation sites is 1. The van der Waals surface area contributed by atoms with Crippen LogP contribution >= 0.6 is 0 Å². The van der Waals surface area contributed by atoms with Gasteiger partial charge in [-0.3, -0.25) is 14.4 Å². The molecule has 1 N–H and O–H groups in total. The van der Waals surface area contributed by atoms with Crippen LogP contribution in [0, 0.1) is 5.92 Å². The van der Waals surface area contributed by atoms with Crippen molar-refractivity contribution in [2.45, 2.75) is 101 Å². The molecule has 0 unspecified atom stereocenters. The Kier molecular flexibility index (Phi) is 10.3. The molecule has 4 heterocycles. The number of carbonyl (C=O) groups is 3. The maximum atomic E-state index is 15.1. The first kappa shape index (κ1) is 36.4. The molecule has 3 saturated heterocycles. The second-order valence-corrected chi connectivity index (χ2v) is 20.4. The second-order valence-electron chi connectivity index (χ2n) is 15.7. The molecular weight excluding hydrogens is 671 g/mol. The number of likely N-dealkylation sites (tertiary alicyclic amines) is 1. The van der Waals surface area contributed by atoms with E-state index in [4.69, 9.17) is 9.47 Å². The topological polar surface area (TPSA) is 99.6 Å². The fourth-order valence-corrected chi connectivity index (χ4v) is 13.7. The molecule has 0 saturated carbocycles. The standard InChI is InChI=1S/C42H53N3O6Si/c1-29-40(52(3,4)34-22-20-33(50-2)21-23-34)37(26-39(48)44-25-11-12-32(44)28-46)51-42(29)35-13-8-9-14-36(35)45(41(42)49)27-30-16-18-31(19-17-30)43-24-10-6-5-7-15-38(43)47/h8-9,13-14,16-23,29,32,37,40,46H,5-7,10-12,15,24-28H2,1-4H3/t29-,32+,37+,40-,42+/m1/s1. The number of ether oxygens (including phenoxy) is 2. The van der Waals surface area contributed by atoms with Crippen molar-refractivity contribution in [1.82, 2.24) is 4.90 Å². The summed E-state index contributed by atoms with van der Waals surface area (Å²) < 4.78 is 12.7. The van der Waals surface area contributed by atoms with Crippen LogP contribution in [0.15, 0.2) is 72.8 Å². The Labute approximate surface area is 308 Å². The molecule has 3 aromatic carbocycles. The molecule has 5 atom stereocenters. The molecule has 10 heteroatoms. The van der Waals surface area contributed by atoms with Gasteiger partial charge in [0.2, 0.25) is 11.8 Å². The molecule has 4 aliphatic rings. The third kappa shape index (κ3) is 6.36. The van der Waals surface area contributed by atoms with Crippen molar-refractivity contribution in [2.75, 3.05) is 36.6 Å². The summed E-state index contributed by atoms with van der Waals surface area (Å²) in [5.41, 5.74) is 2.24. The van der Waals surface area contributed by atoms with E-state index in [1.165, 1.54) is 5.19 Å². The Morgan fingerprint density at radius 1 is 0.942 bits per heavy atom. The van der Waals surface area contributed by atoms with E-state index in [0.29, 0.717) is 19.5 Å². The number of benzene rings is 3. The average Bonchev–Trinajstić information content (AvgIpc) is 3.81. The van der Waals surface area contributed by atoms with Crippen LogP contribution in [0.3, 0.4) is 0 Å². The van der Waals surface area contributed by atoms with Gasteiger partial charge in [0.15, 0.2) is 5.60 Å². The molecule has 1 spiro atoms. The molecular formula is C42H53N3O6Si. The summed E-state index contributed by atoms with van der Waals surface area (Å²) in [5, 5.41) is 11.3. The highest BCUT2D eigenvalue weighted by atomic mass is 28.3. The zero-order valence-corrected chi connectivity index (χ0v) is 32.1. The van der Waals surface area contributed by atoms with Gasteiger partial charge >= 0.3 is 0 Å². The summed E-state index contributed by atoms with van der Waals surface area (Å²) in [5.74, 6) is 0.613. The number of hydrogen-bond donors (Lipinski definition) is 1. The summed E-state index contributed by atoms with van der Waals surface area (Å²) >= 11 is 0. The van der Waals surface area contributed by atoms with Gasteiger partial charge in [-0.25, -0.2) is 0 Å². The molecule has 0 aliphatic carbocycles. The molecule has 7 rings (SSSR count). The number of rotatable bonds is 9. The van der Waals surface area contributed by atoms with Gasteiger partial charge in [-0.15, -0.1) is 0 Å². The van der Waals surface area contributed by atoms with Crippen molar-refractivity contribution in [1.29, 1.82) is 0 Å². The second kappa shape index (κ2) is 14.8. The predicted octanol–water partition coefficient (Wildman–Crippen LogP) is 6.13. The van der Waals surface area contributed by atoms with Crippen molar-refractivity contribution in [3.05, 3.63) is 83.9 Å². The lowest BCUT2D eigenvalue weighted by molar-refractivity contribution is -0.150. The molecule has 52 heavy (non-hydrogen) atoms. The Morgan fingerprint density at radius 2 is 1.67 bits per heavy atom. The van der Waals surface area contributed by atoms with Gasteiger partial charge in [-0.05, 0) is 67.1 Å². The van der Waals surface area contributed by atoms with E-state index >= 15 is 4.79 Å². The van der Waals surface area contributed by atoms with Gasteiger partial charge in [0.25, 0.3) is 5.91 Å². The lowest BCUT2D eigenvalue weighted by atomic mass is 9.82. The average molecular weight is 724 g/mol. The van der Waals surface area contributed by atoms with Crippen molar-refractivity contribution in [3.8, 4) is 5.75 Å². The molecule has 3 fully saturated rings. The summed E-state index contributed by atoms with van der Waals surface area (Å²) in [4.78, 5) is 47.6. The lowest BCUT2D eigenvalue weighted by Crippen LogP contribution is -2.52. The maximum absolute atomic E-state index is 15.1. The lowest BCUT2D eigenvalue weighted by Gasteiger charge is -2.37. The van der Waals surface area contributed by atoms with Crippen molar-refractivity contribution < 1.29 is 29.0 Å². The summed E-state index contributed by atoms with van der Waals surface area (Å²) in [6, 6.07) is 24.1. The number of carbonyl (C=O) groups excluding carboxylic acids is 3. The fraction of sp³-hybridized carbons (Fsp3) is 0.500. The number of hydrogen-bond acceptors (Lipinski definition) is 6. The Balaban J connectivity index is 1.22. The van der Waals surface area contributed by atoms with E-state index in [-0.39, 0.29) is 48.3 Å². The number of anilines is 2. The van der Waals surface area contributed by atoms with Gasteiger partial charge in [0.05, 0.1) is 52.6 Å². The van der Waals surface area contributed by atoms with Crippen LogP contribution in [-0.4, -0.2) is 74.8 Å². The molecule has 3 aromatic rings. The molecule has 4 aliphatic heterocycles. The van der Waals surface area contributed by atoms with Crippen LogP contribution in [0.4, 0.5) is 11.4 Å². The predicted molar refractivity (Wildman–Crippen MR) is 206 cm³/mol. The highest BCUT2D eigenvalue weighted by Crippen LogP contribution is 2.60. The zero-order chi connectivity index (χ0) is 36.6. The van der Waals surface area contributed by atoms with Gasteiger partial charge < -0.3 is 29.3 Å². The third-order valence-corrected chi connectivity index (χ3v) is 16.8. The minimum Gasteiger partial charge on any atom is -0.497 e. The van der Waals surface area contributed by atoms with E-state index in [1.54, 1.807) is 7.11 Å². The first-order valence-corrected chi connectivity index (χ1v) is 22.2. The van der Waals surface area contributed by atoms with Gasteiger partial charge in [-0.1, -0.05) is 80.5 Å².